The molecule has 2 saturated heterocycles. The number of nitrogens with two attached hydrogens (primary N) is 1. The van der Waals surface area contributed by atoms with Crippen LogP contribution in [-0.4, -0.2) is 89.0 Å². The largest absolute Gasteiger partial charge is 0.543 e. The monoisotopic (exact) mass is 560 g/mol. The zero-order valence-corrected chi connectivity index (χ0v) is 22.5. The van der Waals surface area contributed by atoms with Crippen LogP contribution in [0.3, 0.4) is 0 Å². The molecule has 0 bridgehead atoms. The Morgan fingerprint density at radius 2 is 2.26 bits per heavy atom. The molecule has 1 aromatic rings. The molecule has 202 valence electrons. The van der Waals surface area contributed by atoms with E-state index in [1.54, 1.807) is 0 Å². The number of thioether (sulfide) groups is 1. The van der Waals surface area contributed by atoms with Crippen molar-refractivity contribution in [1.82, 2.24) is 19.8 Å². The van der Waals surface area contributed by atoms with Crippen LogP contribution in [0.2, 0.25) is 0 Å². The topological polar surface area (TPSA) is 169 Å². The molecule has 0 aromatic carbocycles. The van der Waals surface area contributed by atoms with E-state index in [-0.39, 0.29) is 17.2 Å². The summed E-state index contributed by atoms with van der Waals surface area (Å²) in [5, 5.41) is 17.9. The average Bonchev–Trinajstić information content (AvgIpc) is 3.53. The van der Waals surface area contributed by atoms with E-state index in [1.165, 1.54) is 29.3 Å². The predicted octanol–water partition coefficient (Wildman–Crippen LogP) is -2.31. The summed E-state index contributed by atoms with van der Waals surface area (Å²) in [6.45, 7) is 2.34. The second-order valence-electron chi connectivity index (χ2n) is 9.37. The van der Waals surface area contributed by atoms with Crippen LogP contribution in [0.15, 0.2) is 45.9 Å². The number of amidine groups is 1. The molecule has 2 fully saturated rings. The molecule has 1 aromatic heterocycles. The average molecular weight is 561 g/mol. The fourth-order valence-corrected chi connectivity index (χ4v) is 6.88. The minimum absolute atomic E-state index is 0.128. The number of nitrogens with zero attached hydrogens (tertiary/aromatic N) is 5. The number of oxime groups is 1. The van der Waals surface area contributed by atoms with Crippen molar-refractivity contribution in [3.8, 4) is 0 Å². The highest BCUT2D eigenvalue weighted by atomic mass is 32.2. The summed E-state index contributed by atoms with van der Waals surface area (Å²) in [4.78, 5) is 50.5. The first-order valence-corrected chi connectivity index (χ1v) is 13.9. The first-order chi connectivity index (χ1) is 18.3. The van der Waals surface area contributed by atoms with Gasteiger partial charge in [-0.2, -0.15) is 0 Å². The maximum Gasteiger partial charge on any atom is 0.277 e. The number of β-lactam (4-membered cyclic amide) rings is 1. The van der Waals surface area contributed by atoms with Crippen molar-refractivity contribution in [1.29, 1.82) is 0 Å². The molecule has 0 radical (unpaired) electrons. The van der Waals surface area contributed by atoms with Gasteiger partial charge < -0.3 is 29.7 Å². The standard InChI is InChI=1S/C23H28N8O5S2/c1-29-7-5-13(8-29)12-4-3-6-30(9-12)10-14-11-37-21-16(20(33)31(21)17(14)22(34)35)25-19(32)15(27-36-2)18-26-23(24)38-28-18/h3-4,6,9,13,16,21,23H,5,7-8,10-11,24H2,1-2H3,(H2-,25,26,28,32,34,35)/b27-15-/t13?,16-,21?,23?/m1/s1. The zero-order valence-electron chi connectivity index (χ0n) is 20.8. The first kappa shape index (κ1) is 26.5. The zero-order chi connectivity index (χ0) is 27.0. The molecular weight excluding hydrogens is 532 g/mol. The quantitative estimate of drug-likeness (QED) is 0.103. The molecule has 4 aliphatic rings. The first-order valence-electron chi connectivity index (χ1n) is 12.0. The van der Waals surface area contributed by atoms with Crippen LogP contribution >= 0.6 is 23.7 Å². The number of carboxylic acid groups (broad SMARTS) is 1. The van der Waals surface area contributed by atoms with Crippen LogP contribution in [0.5, 0.6) is 0 Å². The number of carboxylic acids is 1. The van der Waals surface area contributed by atoms with Gasteiger partial charge in [0.05, 0.1) is 11.7 Å². The Bertz CT molecular complexity index is 1250. The number of rotatable bonds is 8. The number of amides is 2. The van der Waals surface area contributed by atoms with Crippen molar-refractivity contribution < 1.29 is 28.9 Å². The van der Waals surface area contributed by atoms with Crippen LogP contribution in [0.25, 0.3) is 0 Å². The number of likely N-dealkylation sites (tertiary alicyclic amines) is 1. The summed E-state index contributed by atoms with van der Waals surface area (Å²) in [5.74, 6) is -1.73. The lowest BCUT2D eigenvalue weighted by atomic mass is 10.00. The third kappa shape index (κ3) is 5.10. The summed E-state index contributed by atoms with van der Waals surface area (Å²) >= 11 is 2.48. The number of hydrogen-bond donors (Lipinski definition) is 3. The molecule has 5 rings (SSSR count). The minimum atomic E-state index is -1.42. The van der Waals surface area contributed by atoms with Gasteiger partial charge in [-0.15, -0.1) is 11.8 Å². The van der Waals surface area contributed by atoms with E-state index in [0.29, 0.717) is 23.8 Å². The van der Waals surface area contributed by atoms with Crippen molar-refractivity contribution in [2.24, 2.45) is 15.9 Å². The predicted molar refractivity (Wildman–Crippen MR) is 139 cm³/mol. The lowest BCUT2D eigenvalue weighted by Crippen LogP contribution is -2.72. The highest BCUT2D eigenvalue weighted by molar-refractivity contribution is 8.00. The number of aliphatic carboxylic acids is 1. The molecule has 15 heteroatoms. The maximum absolute atomic E-state index is 13.1. The van der Waals surface area contributed by atoms with Crippen molar-refractivity contribution >= 4 is 53.0 Å². The highest BCUT2D eigenvalue weighted by Gasteiger charge is 2.53. The van der Waals surface area contributed by atoms with Crippen molar-refractivity contribution in [2.45, 2.75) is 35.8 Å². The second kappa shape index (κ2) is 10.9. The van der Waals surface area contributed by atoms with E-state index in [9.17, 15) is 19.5 Å². The van der Waals surface area contributed by atoms with E-state index >= 15 is 0 Å². The fourth-order valence-electron chi connectivity index (χ4n) is 5.00. The van der Waals surface area contributed by atoms with Gasteiger partial charge in [0.2, 0.25) is 5.71 Å². The Morgan fingerprint density at radius 3 is 2.92 bits per heavy atom. The lowest BCUT2D eigenvalue weighted by Gasteiger charge is -2.50. The van der Waals surface area contributed by atoms with Gasteiger partial charge in [0.15, 0.2) is 30.3 Å². The molecule has 0 saturated carbocycles. The van der Waals surface area contributed by atoms with E-state index in [1.807, 2.05) is 23.0 Å². The fraction of sp³-hybridized carbons (Fsp3) is 0.478. The van der Waals surface area contributed by atoms with Crippen molar-refractivity contribution in [3.63, 3.8) is 0 Å². The van der Waals surface area contributed by atoms with Crippen LogP contribution < -0.4 is 25.4 Å². The number of fused-ring (bicyclic) bond motifs is 1. The SMILES string of the molecule is CO/N=C(\C(=O)N[C@@H]1C(=O)N2C(C(=O)[O-])=C(C[n+]3cccc(C4CCN(C)C4)c3)CSC12)C1=NC(N)SN1. The lowest BCUT2D eigenvalue weighted by molar-refractivity contribution is -0.689. The van der Waals surface area contributed by atoms with Gasteiger partial charge in [-0.25, -0.2) is 9.56 Å². The number of nitrogens with one attached hydrogen (secondary N) is 2. The number of aliphatic imine (C=N–C) groups is 1. The van der Waals surface area contributed by atoms with E-state index in [0.717, 1.165) is 31.5 Å². The Hall–Kier alpha value is -3.14. The molecular formula is C23H28N8O5S2. The molecule has 5 heterocycles. The maximum atomic E-state index is 13.1. The van der Waals surface area contributed by atoms with Crippen molar-refractivity contribution in [2.75, 3.05) is 33.0 Å². The normalized spacial score (nSPS) is 27.4. The third-order valence-corrected chi connectivity index (χ3v) is 8.80. The van der Waals surface area contributed by atoms with Crippen molar-refractivity contribution in [3.05, 3.63) is 41.4 Å². The number of hydrogen-bond acceptors (Lipinski definition) is 12. The molecule has 38 heavy (non-hydrogen) atoms. The van der Waals surface area contributed by atoms with E-state index < -0.39 is 34.7 Å². The van der Waals surface area contributed by atoms with Crippen LogP contribution in [-0.2, 0) is 25.8 Å². The van der Waals surface area contributed by atoms with E-state index in [2.05, 4.69) is 38.2 Å². The molecule has 0 spiro atoms. The number of pyridine rings is 1. The molecule has 3 unspecified atom stereocenters. The minimum Gasteiger partial charge on any atom is -0.543 e. The van der Waals surface area contributed by atoms with Crippen LogP contribution in [0, 0.1) is 0 Å². The Labute approximate surface area is 227 Å². The van der Waals surface area contributed by atoms with Gasteiger partial charge in [-0.1, -0.05) is 5.16 Å². The third-order valence-electron chi connectivity index (χ3n) is 6.80. The van der Waals surface area contributed by atoms with Gasteiger partial charge in [-0.3, -0.25) is 20.2 Å². The Kier molecular flexibility index (Phi) is 7.61. The smallest absolute Gasteiger partial charge is 0.277 e. The van der Waals surface area contributed by atoms with Gasteiger partial charge >= 0.3 is 0 Å². The van der Waals surface area contributed by atoms with Gasteiger partial charge in [0.25, 0.3) is 11.8 Å². The Morgan fingerprint density at radius 1 is 1.45 bits per heavy atom. The molecule has 0 aliphatic carbocycles. The summed E-state index contributed by atoms with van der Waals surface area (Å²) < 4.78 is 4.74. The Balaban J connectivity index is 1.31. The molecule has 2 amide bonds. The second-order valence-corrected chi connectivity index (χ2v) is 11.4. The van der Waals surface area contributed by atoms with Gasteiger partial charge in [0, 0.05) is 35.4 Å². The number of carbonyl (C=O) groups excluding carboxylic acids is 3. The van der Waals surface area contributed by atoms with Crippen LogP contribution in [0.1, 0.15) is 17.9 Å². The van der Waals surface area contributed by atoms with Crippen LogP contribution in [0.4, 0.5) is 0 Å². The summed E-state index contributed by atoms with van der Waals surface area (Å²) in [7, 11) is 3.38. The number of likely N-dealkylation sites (N-methyl/N-ethyl adjacent to an activating group) is 1. The summed E-state index contributed by atoms with van der Waals surface area (Å²) in [6.07, 6.45) is 5.01. The van der Waals surface area contributed by atoms with Gasteiger partial charge in [-0.05, 0) is 38.0 Å². The summed E-state index contributed by atoms with van der Waals surface area (Å²) in [5.41, 5.74) is 6.58. The molecule has 4 N–H and O–H groups in total. The van der Waals surface area contributed by atoms with E-state index in [4.69, 9.17) is 10.6 Å². The number of aromatic nitrogens is 1. The molecule has 4 atom stereocenters. The highest BCUT2D eigenvalue weighted by Crippen LogP contribution is 2.40. The molecule has 13 nitrogen and oxygen atoms in total. The molecule has 4 aliphatic heterocycles. The van der Waals surface area contributed by atoms with Gasteiger partial charge in [0.1, 0.15) is 18.5 Å². The summed E-state index contributed by atoms with van der Waals surface area (Å²) in [6, 6.07) is 3.11. The number of carbonyl (C=O) groups is 3.